The Balaban J connectivity index is 1.62. The summed E-state index contributed by atoms with van der Waals surface area (Å²) in [5.74, 6) is 1.28. The molecule has 1 aromatic heterocycles. The van der Waals surface area contributed by atoms with Crippen LogP contribution in [0.4, 0.5) is 14.3 Å². The molecule has 5 rings (SSSR count). The molecule has 36 heavy (non-hydrogen) atoms. The number of fused-ring (bicyclic) bond motifs is 2. The maximum absolute atomic E-state index is 16.0. The molecule has 0 bridgehead atoms. The number of aromatic nitrogens is 1. The van der Waals surface area contributed by atoms with Crippen molar-refractivity contribution >= 4 is 36.6 Å². The lowest BCUT2D eigenvalue weighted by atomic mass is 9.85. The van der Waals surface area contributed by atoms with Gasteiger partial charge < -0.3 is 32.8 Å². The highest BCUT2D eigenvalue weighted by atomic mass is 19.2. The van der Waals surface area contributed by atoms with Gasteiger partial charge in [-0.05, 0) is 73.9 Å². The summed E-state index contributed by atoms with van der Waals surface area (Å²) in [5.41, 5.74) is 11.1. The second-order valence-corrected chi connectivity index (χ2v) is 8.76. The van der Waals surface area contributed by atoms with Crippen molar-refractivity contribution in [2.45, 2.75) is 20.8 Å². The van der Waals surface area contributed by atoms with Crippen LogP contribution in [0.25, 0.3) is 17.7 Å². The van der Waals surface area contributed by atoms with E-state index in [2.05, 4.69) is 0 Å². The molecule has 3 aromatic rings. The van der Waals surface area contributed by atoms with Crippen molar-refractivity contribution < 1.29 is 22.6 Å². The molecule has 2 aliphatic heterocycles. The monoisotopic (exact) mass is 487 g/mol. The Morgan fingerprint density at radius 3 is 2.42 bits per heavy atom. The minimum absolute atomic E-state index is 0.423. The number of benzene rings is 2. The number of hydrogen-bond donors (Lipinski definition) is 1. The van der Waals surface area contributed by atoms with Crippen LogP contribution in [0.15, 0.2) is 66.4 Å². The lowest BCUT2D eigenvalue weighted by Gasteiger charge is -2.32. The number of ether oxygens (including phenoxy) is 2. The quantitative estimate of drug-likeness (QED) is 0.329. The van der Waals surface area contributed by atoms with Gasteiger partial charge in [-0.2, -0.15) is 0 Å². The smallest absolute Gasteiger partial charge is 0.490 e. The number of hydrogen-bond acceptors (Lipinski definition) is 3. The third kappa shape index (κ3) is 3.92. The fourth-order valence-electron chi connectivity index (χ4n) is 4.87. The molecule has 184 valence electrons. The van der Waals surface area contributed by atoms with Crippen LogP contribution in [-0.4, -0.2) is 35.4 Å². The second-order valence-electron chi connectivity index (χ2n) is 8.76. The van der Waals surface area contributed by atoms with Gasteiger partial charge in [0, 0.05) is 29.2 Å². The van der Waals surface area contributed by atoms with Gasteiger partial charge in [0.25, 0.3) is 0 Å². The van der Waals surface area contributed by atoms with E-state index in [0.29, 0.717) is 47.5 Å². The zero-order valence-electron chi connectivity index (χ0n) is 20.5. The number of aryl methyl sites for hydroxylation is 1. The van der Waals surface area contributed by atoms with E-state index in [1.54, 1.807) is 30.4 Å². The number of nitrogens with zero attached hydrogens (tertiary/aromatic N) is 2. The fourth-order valence-corrected chi connectivity index (χ4v) is 4.87. The van der Waals surface area contributed by atoms with Crippen LogP contribution in [0.3, 0.4) is 0 Å². The summed E-state index contributed by atoms with van der Waals surface area (Å²) >= 11 is 0. The summed E-state index contributed by atoms with van der Waals surface area (Å²) in [6, 6.07) is 14.7. The van der Waals surface area contributed by atoms with Crippen molar-refractivity contribution in [3.8, 4) is 11.5 Å². The van der Waals surface area contributed by atoms with Crippen molar-refractivity contribution in [2.75, 3.05) is 18.9 Å². The third-order valence-electron chi connectivity index (χ3n) is 6.39. The largest absolute Gasteiger partial charge is 0.737 e. The Morgan fingerprint density at radius 1 is 0.972 bits per heavy atom. The van der Waals surface area contributed by atoms with Gasteiger partial charge in [0.2, 0.25) is 0 Å². The van der Waals surface area contributed by atoms with Crippen LogP contribution in [-0.2, 0) is 0 Å². The van der Waals surface area contributed by atoms with Crippen molar-refractivity contribution in [1.29, 1.82) is 0 Å². The van der Waals surface area contributed by atoms with Crippen LogP contribution in [0, 0.1) is 6.92 Å². The number of anilines is 1. The first-order valence-corrected chi connectivity index (χ1v) is 12.1. The predicted octanol–water partition coefficient (Wildman–Crippen LogP) is 6.00. The molecule has 0 aliphatic carbocycles. The van der Waals surface area contributed by atoms with Crippen molar-refractivity contribution in [2.24, 2.45) is 0 Å². The number of nitrogens with two attached hydrogens (primary N) is 1. The fraction of sp³-hybridized carbons (Fsp3) is 0.179. The molecule has 0 saturated carbocycles. The minimum Gasteiger partial charge on any atom is -0.490 e. The number of halogens is 2. The summed E-state index contributed by atoms with van der Waals surface area (Å²) in [7, 11) is 0. The normalized spacial score (nSPS) is 15.8. The number of nitrogen functional groups attached to an aromatic ring is 1. The van der Waals surface area contributed by atoms with Crippen LogP contribution < -0.4 is 15.2 Å². The minimum atomic E-state index is -4.09. The van der Waals surface area contributed by atoms with Crippen LogP contribution in [0.1, 0.15) is 41.9 Å². The highest BCUT2D eigenvalue weighted by Crippen LogP contribution is 2.42. The van der Waals surface area contributed by atoms with E-state index in [9.17, 15) is 0 Å². The first-order chi connectivity index (χ1) is 17.3. The van der Waals surface area contributed by atoms with Crippen LogP contribution in [0.2, 0.25) is 0 Å². The summed E-state index contributed by atoms with van der Waals surface area (Å²) in [4.78, 5) is 0. The van der Waals surface area contributed by atoms with Gasteiger partial charge in [0.05, 0.1) is 18.8 Å². The first kappa shape index (κ1) is 23.7. The Morgan fingerprint density at radius 2 is 1.69 bits per heavy atom. The summed E-state index contributed by atoms with van der Waals surface area (Å²) < 4.78 is 45.5. The predicted molar refractivity (Wildman–Crippen MR) is 143 cm³/mol. The Hall–Kier alpha value is -4.07. The van der Waals surface area contributed by atoms with Gasteiger partial charge in [-0.1, -0.05) is 24.3 Å². The first-order valence-electron chi connectivity index (χ1n) is 12.1. The number of allylic oxidation sites excluding steroid dienone is 2. The van der Waals surface area contributed by atoms with E-state index in [-0.39, 0.29) is 0 Å². The summed E-state index contributed by atoms with van der Waals surface area (Å²) in [6.45, 7) is 2.62. The highest BCUT2D eigenvalue weighted by molar-refractivity contribution is 6.58. The summed E-state index contributed by atoms with van der Waals surface area (Å²) in [6.07, 6.45) is 8.39. The molecule has 0 fully saturated rings. The molecule has 3 heterocycles. The molecule has 2 aliphatic rings. The van der Waals surface area contributed by atoms with E-state index >= 15 is 8.63 Å². The SMILES string of the molecule is CCOc1ccc(/C=C/c2cc(C)c3n2[B-](F)(F)[N+]2=CC=CC2=C3c2ccc(N)cc2)cc1OCC. The van der Waals surface area contributed by atoms with E-state index in [4.69, 9.17) is 15.2 Å². The maximum Gasteiger partial charge on any atom is 0.737 e. The van der Waals surface area contributed by atoms with Gasteiger partial charge >= 0.3 is 6.97 Å². The van der Waals surface area contributed by atoms with Gasteiger partial charge in [-0.3, -0.25) is 0 Å². The van der Waals surface area contributed by atoms with Crippen molar-refractivity contribution in [3.63, 3.8) is 0 Å². The molecule has 0 radical (unpaired) electrons. The van der Waals surface area contributed by atoms with Gasteiger partial charge in [0.15, 0.2) is 17.2 Å². The van der Waals surface area contributed by atoms with Gasteiger partial charge in [-0.25, -0.2) is 0 Å². The van der Waals surface area contributed by atoms with E-state index < -0.39 is 6.97 Å². The van der Waals surface area contributed by atoms with E-state index in [1.165, 1.54) is 10.7 Å². The average molecular weight is 487 g/mol. The van der Waals surface area contributed by atoms with Crippen LogP contribution in [0.5, 0.6) is 11.5 Å². The molecular weight excluding hydrogens is 459 g/mol. The van der Waals surface area contributed by atoms with E-state index in [1.807, 2.05) is 63.2 Å². The Kier molecular flexibility index (Phi) is 6.04. The molecule has 0 unspecified atom stereocenters. The van der Waals surface area contributed by atoms with Crippen molar-refractivity contribution in [1.82, 2.24) is 4.48 Å². The van der Waals surface area contributed by atoms with E-state index in [0.717, 1.165) is 26.7 Å². The molecule has 0 spiro atoms. The standard InChI is InChI=1S/C28H28BF2N3O2/c1-4-35-25-15-9-20(18-26(25)36-5-2)8-14-23-17-19(3)28-27(21-10-12-22(32)13-11-21)24-7-6-16-33(24)29(30,31)34(23)28/h6-18H,4-5,32H2,1-3H3/b14-8+. The molecule has 8 heteroatoms. The van der Waals surface area contributed by atoms with Gasteiger partial charge in [-0.15, -0.1) is 0 Å². The molecule has 0 atom stereocenters. The van der Waals surface area contributed by atoms with Crippen LogP contribution >= 0.6 is 0 Å². The Bertz CT molecular complexity index is 1450. The topological polar surface area (TPSA) is 52.4 Å². The molecule has 2 aromatic carbocycles. The zero-order valence-corrected chi connectivity index (χ0v) is 20.5. The highest BCUT2D eigenvalue weighted by Gasteiger charge is 2.53. The van der Waals surface area contributed by atoms with Crippen molar-refractivity contribution in [3.05, 3.63) is 94.5 Å². The third-order valence-corrected chi connectivity index (χ3v) is 6.39. The molecule has 0 saturated heterocycles. The lowest BCUT2D eigenvalue weighted by molar-refractivity contribution is -0.356. The number of rotatable bonds is 7. The van der Waals surface area contributed by atoms with Gasteiger partial charge in [0.1, 0.15) is 6.21 Å². The maximum atomic E-state index is 16.0. The molecule has 5 nitrogen and oxygen atoms in total. The molecule has 2 N–H and O–H groups in total. The average Bonchev–Trinajstić information content (AvgIpc) is 3.47. The Labute approximate surface area is 209 Å². The summed E-state index contributed by atoms with van der Waals surface area (Å²) in [5, 5.41) is 0. The zero-order chi connectivity index (χ0) is 25.4. The second kappa shape index (κ2) is 9.19. The lowest BCUT2D eigenvalue weighted by Crippen LogP contribution is -2.50. The molecule has 0 amide bonds. The molecular formula is C28H28BF2N3O2.